The van der Waals surface area contributed by atoms with E-state index >= 15 is 0 Å². The largest absolute Gasteiger partial charge is 0.397 e. The lowest BCUT2D eigenvalue weighted by atomic mass is 10.2. The number of benzene rings is 1. The first kappa shape index (κ1) is 12.0. The number of pyridine rings is 1. The number of hydrogen-bond acceptors (Lipinski definition) is 3. The number of hydrogen-bond donors (Lipinski definition) is 2. The Bertz CT molecular complexity index is 491. The first-order valence-electron chi connectivity index (χ1n) is 5.04. The van der Waals surface area contributed by atoms with Crippen LogP contribution < -0.4 is 11.1 Å². The molecule has 0 radical (unpaired) electrons. The van der Waals surface area contributed by atoms with E-state index in [9.17, 15) is 0 Å². The first-order chi connectivity index (χ1) is 8.13. The zero-order valence-electron chi connectivity index (χ0n) is 8.95. The minimum absolute atomic E-state index is 0.608. The Balaban J connectivity index is 2.04. The summed E-state index contributed by atoms with van der Waals surface area (Å²) in [6.07, 6.45) is 1.60. The number of nitrogens with one attached hydrogen (secondary N) is 1. The maximum absolute atomic E-state index is 5.91. The van der Waals surface area contributed by atoms with Crippen LogP contribution in [0.3, 0.4) is 0 Å². The van der Waals surface area contributed by atoms with Crippen molar-refractivity contribution in [1.29, 1.82) is 0 Å². The molecule has 2 rings (SSSR count). The maximum atomic E-state index is 5.91. The monoisotopic (exact) mass is 267 g/mol. The molecular weight excluding hydrogens is 257 g/mol. The van der Waals surface area contributed by atoms with E-state index < -0.39 is 0 Å². The van der Waals surface area contributed by atoms with Gasteiger partial charge in [-0.1, -0.05) is 23.2 Å². The third kappa shape index (κ3) is 3.51. The van der Waals surface area contributed by atoms with Gasteiger partial charge in [-0.25, -0.2) is 4.98 Å². The minimum atomic E-state index is 0.608. The van der Waals surface area contributed by atoms with Crippen molar-refractivity contribution in [2.75, 3.05) is 11.1 Å². The van der Waals surface area contributed by atoms with E-state index in [4.69, 9.17) is 28.9 Å². The van der Waals surface area contributed by atoms with Crippen molar-refractivity contribution >= 4 is 34.7 Å². The van der Waals surface area contributed by atoms with Crippen LogP contribution in [-0.4, -0.2) is 4.98 Å². The van der Waals surface area contributed by atoms with Crippen LogP contribution in [0.5, 0.6) is 0 Å². The molecule has 17 heavy (non-hydrogen) atoms. The van der Waals surface area contributed by atoms with E-state index in [1.165, 1.54) is 0 Å². The molecule has 3 nitrogen and oxygen atoms in total. The average Bonchev–Trinajstić information content (AvgIpc) is 2.27. The van der Waals surface area contributed by atoms with Gasteiger partial charge in [0.25, 0.3) is 0 Å². The van der Waals surface area contributed by atoms with Gasteiger partial charge in [-0.2, -0.15) is 0 Å². The van der Waals surface area contributed by atoms with Gasteiger partial charge in [0, 0.05) is 16.6 Å². The summed E-state index contributed by atoms with van der Waals surface area (Å²) < 4.78 is 0. The molecule has 1 aromatic heterocycles. The minimum Gasteiger partial charge on any atom is -0.397 e. The molecule has 88 valence electrons. The average molecular weight is 268 g/mol. The number of aromatic nitrogens is 1. The molecule has 1 aromatic carbocycles. The molecule has 2 aromatic rings. The second-order valence-electron chi connectivity index (χ2n) is 3.61. The molecule has 0 aliphatic rings. The summed E-state index contributed by atoms with van der Waals surface area (Å²) in [7, 11) is 0. The van der Waals surface area contributed by atoms with E-state index in [0.717, 1.165) is 11.4 Å². The van der Waals surface area contributed by atoms with Crippen molar-refractivity contribution < 1.29 is 0 Å². The van der Waals surface area contributed by atoms with Crippen molar-refractivity contribution in [2.45, 2.75) is 6.54 Å². The Morgan fingerprint density at radius 3 is 2.41 bits per heavy atom. The Morgan fingerprint density at radius 1 is 1.12 bits per heavy atom. The van der Waals surface area contributed by atoms with Crippen LogP contribution in [0, 0.1) is 0 Å². The smallest absolute Gasteiger partial charge is 0.126 e. The number of halogens is 2. The van der Waals surface area contributed by atoms with Gasteiger partial charge in [-0.05, 0) is 35.9 Å². The predicted molar refractivity (Wildman–Crippen MR) is 72.4 cm³/mol. The molecule has 5 heteroatoms. The van der Waals surface area contributed by atoms with Gasteiger partial charge < -0.3 is 11.1 Å². The van der Waals surface area contributed by atoms with E-state index in [2.05, 4.69) is 10.3 Å². The molecular formula is C12H11Cl2N3. The van der Waals surface area contributed by atoms with Gasteiger partial charge >= 0.3 is 0 Å². The summed E-state index contributed by atoms with van der Waals surface area (Å²) in [6, 6.07) is 9.03. The summed E-state index contributed by atoms with van der Waals surface area (Å²) in [5.74, 6) is 0.760. The van der Waals surface area contributed by atoms with Gasteiger partial charge in [0.05, 0.1) is 11.9 Å². The number of rotatable bonds is 3. The molecule has 1 heterocycles. The van der Waals surface area contributed by atoms with Crippen LogP contribution in [0.25, 0.3) is 0 Å². The van der Waals surface area contributed by atoms with E-state index in [0.29, 0.717) is 22.3 Å². The van der Waals surface area contributed by atoms with Crippen LogP contribution in [0.1, 0.15) is 5.56 Å². The number of nitrogens with two attached hydrogens (primary N) is 1. The molecule has 0 saturated heterocycles. The zero-order chi connectivity index (χ0) is 12.3. The maximum Gasteiger partial charge on any atom is 0.126 e. The van der Waals surface area contributed by atoms with Gasteiger partial charge in [0.1, 0.15) is 5.82 Å². The molecule has 0 aliphatic carbocycles. The Labute approximate surface area is 110 Å². The second kappa shape index (κ2) is 5.25. The topological polar surface area (TPSA) is 50.9 Å². The fourth-order valence-electron chi connectivity index (χ4n) is 1.42. The molecule has 0 saturated carbocycles. The molecule has 3 N–H and O–H groups in total. The first-order valence-corrected chi connectivity index (χ1v) is 5.79. The van der Waals surface area contributed by atoms with Crippen LogP contribution in [0.4, 0.5) is 11.5 Å². The lowest BCUT2D eigenvalue weighted by molar-refractivity contribution is 1.11. The standard InChI is InChI=1S/C12H11Cl2N3/c13-9-3-8(4-10(14)5-9)6-16-12-2-1-11(15)7-17-12/h1-5,7H,6,15H2,(H,16,17). The summed E-state index contributed by atoms with van der Waals surface area (Å²) in [4.78, 5) is 4.14. The van der Waals surface area contributed by atoms with Gasteiger partial charge in [-0.15, -0.1) is 0 Å². The van der Waals surface area contributed by atoms with Crippen LogP contribution >= 0.6 is 23.2 Å². The summed E-state index contributed by atoms with van der Waals surface area (Å²) in [6.45, 7) is 0.608. The Hall–Kier alpha value is -1.45. The van der Waals surface area contributed by atoms with Crippen molar-refractivity contribution in [3.05, 3.63) is 52.1 Å². The SMILES string of the molecule is Nc1ccc(NCc2cc(Cl)cc(Cl)c2)nc1. The predicted octanol–water partition coefficient (Wildman–Crippen LogP) is 3.58. The third-order valence-corrected chi connectivity index (χ3v) is 2.62. The lowest BCUT2D eigenvalue weighted by Gasteiger charge is -2.06. The molecule has 0 amide bonds. The van der Waals surface area contributed by atoms with Gasteiger partial charge in [0.2, 0.25) is 0 Å². The van der Waals surface area contributed by atoms with Crippen LogP contribution in [0.15, 0.2) is 36.5 Å². The van der Waals surface area contributed by atoms with Crippen molar-refractivity contribution in [2.24, 2.45) is 0 Å². The number of anilines is 2. The fourth-order valence-corrected chi connectivity index (χ4v) is 1.99. The van der Waals surface area contributed by atoms with Gasteiger partial charge in [0.15, 0.2) is 0 Å². The number of nitrogen functional groups attached to an aromatic ring is 1. The molecule has 0 bridgehead atoms. The highest BCUT2D eigenvalue weighted by Crippen LogP contribution is 2.19. The number of nitrogens with zero attached hydrogens (tertiary/aromatic N) is 1. The quantitative estimate of drug-likeness (QED) is 0.894. The molecule has 0 unspecified atom stereocenters. The van der Waals surface area contributed by atoms with E-state index in [1.807, 2.05) is 18.2 Å². The molecule has 0 atom stereocenters. The molecule has 0 aliphatic heterocycles. The van der Waals surface area contributed by atoms with E-state index in [-0.39, 0.29) is 0 Å². The lowest BCUT2D eigenvalue weighted by Crippen LogP contribution is -2.01. The second-order valence-corrected chi connectivity index (χ2v) is 4.48. The summed E-state index contributed by atoms with van der Waals surface area (Å²) in [5.41, 5.74) is 7.19. The van der Waals surface area contributed by atoms with Crippen molar-refractivity contribution in [3.8, 4) is 0 Å². The Morgan fingerprint density at radius 2 is 1.82 bits per heavy atom. The summed E-state index contributed by atoms with van der Waals surface area (Å²) in [5, 5.41) is 4.41. The highest BCUT2D eigenvalue weighted by molar-refractivity contribution is 6.34. The van der Waals surface area contributed by atoms with Crippen LogP contribution in [-0.2, 0) is 6.54 Å². The summed E-state index contributed by atoms with van der Waals surface area (Å²) >= 11 is 11.8. The van der Waals surface area contributed by atoms with Gasteiger partial charge in [-0.3, -0.25) is 0 Å². The van der Waals surface area contributed by atoms with Crippen LogP contribution in [0.2, 0.25) is 10.0 Å². The molecule has 0 spiro atoms. The normalized spacial score (nSPS) is 10.2. The zero-order valence-corrected chi connectivity index (χ0v) is 10.5. The molecule has 0 fully saturated rings. The van der Waals surface area contributed by atoms with Crippen molar-refractivity contribution in [1.82, 2.24) is 4.98 Å². The third-order valence-electron chi connectivity index (χ3n) is 2.18. The Kier molecular flexibility index (Phi) is 3.71. The van der Waals surface area contributed by atoms with Crippen molar-refractivity contribution in [3.63, 3.8) is 0 Å². The van der Waals surface area contributed by atoms with E-state index in [1.54, 1.807) is 18.3 Å². The highest BCUT2D eigenvalue weighted by Gasteiger charge is 1.99. The fraction of sp³-hybridized carbons (Fsp3) is 0.0833. The highest BCUT2D eigenvalue weighted by atomic mass is 35.5.